The van der Waals surface area contributed by atoms with Gasteiger partial charge in [-0.05, 0) is 24.3 Å². The SMILES string of the molecule is CC.c1ccc(C2CC2)cc1. The van der Waals surface area contributed by atoms with Crippen LogP contribution < -0.4 is 0 Å². The van der Waals surface area contributed by atoms with Crippen molar-refractivity contribution in [2.45, 2.75) is 32.6 Å². The lowest BCUT2D eigenvalue weighted by atomic mass is 10.1. The van der Waals surface area contributed by atoms with Gasteiger partial charge in [-0.15, -0.1) is 0 Å². The van der Waals surface area contributed by atoms with Gasteiger partial charge in [-0.25, -0.2) is 0 Å². The molecular formula is C11H16. The largest absolute Gasteiger partial charge is 0.0683 e. The quantitative estimate of drug-likeness (QED) is 0.571. The van der Waals surface area contributed by atoms with Crippen LogP contribution >= 0.6 is 0 Å². The van der Waals surface area contributed by atoms with E-state index in [4.69, 9.17) is 0 Å². The molecule has 1 aromatic rings. The average molecular weight is 148 g/mol. The Morgan fingerprint density at radius 3 is 2.00 bits per heavy atom. The third kappa shape index (κ3) is 2.38. The molecule has 0 amide bonds. The van der Waals surface area contributed by atoms with E-state index in [0.29, 0.717) is 0 Å². The maximum Gasteiger partial charge on any atom is -0.0162 e. The van der Waals surface area contributed by atoms with E-state index in [0.717, 1.165) is 5.92 Å². The minimum atomic E-state index is 0.909. The van der Waals surface area contributed by atoms with E-state index in [-0.39, 0.29) is 0 Å². The van der Waals surface area contributed by atoms with Crippen LogP contribution in [0.3, 0.4) is 0 Å². The Morgan fingerprint density at radius 2 is 1.55 bits per heavy atom. The molecule has 0 bridgehead atoms. The van der Waals surface area contributed by atoms with Crippen molar-refractivity contribution in [3.63, 3.8) is 0 Å². The molecule has 0 aromatic heterocycles. The summed E-state index contributed by atoms with van der Waals surface area (Å²) in [5.41, 5.74) is 1.53. The molecule has 1 aliphatic rings. The van der Waals surface area contributed by atoms with E-state index in [2.05, 4.69) is 30.3 Å². The van der Waals surface area contributed by atoms with Crippen molar-refractivity contribution in [1.82, 2.24) is 0 Å². The van der Waals surface area contributed by atoms with Crippen molar-refractivity contribution in [3.05, 3.63) is 35.9 Å². The van der Waals surface area contributed by atoms with Gasteiger partial charge in [0.2, 0.25) is 0 Å². The topological polar surface area (TPSA) is 0 Å². The van der Waals surface area contributed by atoms with Crippen molar-refractivity contribution < 1.29 is 0 Å². The summed E-state index contributed by atoms with van der Waals surface area (Å²) in [7, 11) is 0. The van der Waals surface area contributed by atoms with E-state index in [1.807, 2.05) is 13.8 Å². The molecule has 11 heavy (non-hydrogen) atoms. The first-order valence-corrected chi connectivity index (χ1v) is 4.52. The average Bonchev–Trinajstić information content (AvgIpc) is 2.92. The number of hydrogen-bond donors (Lipinski definition) is 0. The lowest BCUT2D eigenvalue weighted by molar-refractivity contribution is 1.13. The first-order valence-electron chi connectivity index (χ1n) is 4.52. The molecule has 1 aromatic carbocycles. The van der Waals surface area contributed by atoms with Crippen molar-refractivity contribution >= 4 is 0 Å². The van der Waals surface area contributed by atoms with Crippen LogP contribution in [0.5, 0.6) is 0 Å². The van der Waals surface area contributed by atoms with Crippen LogP contribution in [0.15, 0.2) is 30.3 Å². The monoisotopic (exact) mass is 148 g/mol. The van der Waals surface area contributed by atoms with Crippen LogP contribution in [0.25, 0.3) is 0 Å². The fraction of sp³-hybridized carbons (Fsp3) is 0.455. The zero-order valence-corrected chi connectivity index (χ0v) is 7.38. The molecule has 0 unspecified atom stereocenters. The van der Waals surface area contributed by atoms with Crippen molar-refractivity contribution in [2.24, 2.45) is 0 Å². The minimum absolute atomic E-state index is 0.909. The van der Waals surface area contributed by atoms with Crippen molar-refractivity contribution in [2.75, 3.05) is 0 Å². The normalized spacial score (nSPS) is 15.1. The second-order valence-corrected chi connectivity index (χ2v) is 2.68. The molecule has 0 aliphatic heterocycles. The molecule has 0 heteroatoms. The summed E-state index contributed by atoms with van der Waals surface area (Å²) in [6, 6.07) is 10.8. The molecule has 0 nitrogen and oxygen atoms in total. The molecule has 0 N–H and O–H groups in total. The third-order valence-electron chi connectivity index (χ3n) is 1.85. The van der Waals surface area contributed by atoms with E-state index in [1.54, 1.807) is 0 Å². The number of benzene rings is 1. The van der Waals surface area contributed by atoms with Gasteiger partial charge in [0.15, 0.2) is 0 Å². The Morgan fingerprint density at radius 1 is 1.00 bits per heavy atom. The van der Waals surface area contributed by atoms with E-state index in [1.165, 1.54) is 18.4 Å². The van der Waals surface area contributed by atoms with E-state index in [9.17, 15) is 0 Å². The van der Waals surface area contributed by atoms with Crippen molar-refractivity contribution in [3.8, 4) is 0 Å². The van der Waals surface area contributed by atoms with Gasteiger partial charge in [-0.1, -0.05) is 44.2 Å². The maximum absolute atomic E-state index is 2.22. The van der Waals surface area contributed by atoms with Gasteiger partial charge in [0.1, 0.15) is 0 Å². The molecular weight excluding hydrogens is 132 g/mol. The van der Waals surface area contributed by atoms with Crippen LogP contribution in [-0.2, 0) is 0 Å². The van der Waals surface area contributed by atoms with Gasteiger partial charge >= 0.3 is 0 Å². The molecule has 0 heterocycles. The molecule has 1 saturated carbocycles. The van der Waals surface area contributed by atoms with E-state index < -0.39 is 0 Å². The highest BCUT2D eigenvalue weighted by Crippen LogP contribution is 2.39. The highest BCUT2D eigenvalue weighted by atomic mass is 14.3. The molecule has 2 rings (SSSR count). The zero-order chi connectivity index (χ0) is 8.10. The Bertz CT molecular complexity index is 184. The van der Waals surface area contributed by atoms with Gasteiger partial charge in [0, 0.05) is 0 Å². The summed E-state index contributed by atoms with van der Waals surface area (Å²) in [6.07, 6.45) is 2.81. The van der Waals surface area contributed by atoms with Crippen LogP contribution in [0.1, 0.15) is 38.2 Å². The Kier molecular flexibility index (Phi) is 3.15. The van der Waals surface area contributed by atoms with Gasteiger partial charge in [-0.3, -0.25) is 0 Å². The Balaban J connectivity index is 0.000000281. The smallest absolute Gasteiger partial charge is 0.0162 e. The fourth-order valence-electron chi connectivity index (χ4n) is 1.14. The van der Waals surface area contributed by atoms with E-state index >= 15 is 0 Å². The zero-order valence-electron chi connectivity index (χ0n) is 7.38. The van der Waals surface area contributed by atoms with Gasteiger partial charge in [-0.2, -0.15) is 0 Å². The predicted octanol–water partition coefficient (Wildman–Crippen LogP) is 3.59. The number of hydrogen-bond acceptors (Lipinski definition) is 0. The van der Waals surface area contributed by atoms with Gasteiger partial charge in [0.05, 0.1) is 0 Å². The predicted molar refractivity (Wildman–Crippen MR) is 49.8 cm³/mol. The molecule has 1 fully saturated rings. The van der Waals surface area contributed by atoms with Crippen LogP contribution in [0.4, 0.5) is 0 Å². The lowest BCUT2D eigenvalue weighted by Crippen LogP contribution is -1.73. The van der Waals surface area contributed by atoms with Gasteiger partial charge < -0.3 is 0 Å². The molecule has 0 spiro atoms. The highest BCUT2D eigenvalue weighted by Gasteiger charge is 2.22. The van der Waals surface area contributed by atoms with Crippen LogP contribution in [-0.4, -0.2) is 0 Å². The van der Waals surface area contributed by atoms with Crippen LogP contribution in [0, 0.1) is 0 Å². The van der Waals surface area contributed by atoms with Crippen LogP contribution in [0.2, 0.25) is 0 Å². The third-order valence-corrected chi connectivity index (χ3v) is 1.85. The van der Waals surface area contributed by atoms with Crippen molar-refractivity contribution in [1.29, 1.82) is 0 Å². The summed E-state index contributed by atoms with van der Waals surface area (Å²) in [5, 5.41) is 0. The standard InChI is InChI=1S/C9H10.C2H6/c1-2-4-8(5-3-1)9-6-7-9;1-2/h1-5,9H,6-7H2;1-2H3. The first kappa shape index (κ1) is 8.32. The minimum Gasteiger partial charge on any atom is -0.0683 e. The molecule has 60 valence electrons. The summed E-state index contributed by atoms with van der Waals surface area (Å²) in [4.78, 5) is 0. The second kappa shape index (κ2) is 4.17. The fourth-order valence-corrected chi connectivity index (χ4v) is 1.14. The summed E-state index contributed by atoms with van der Waals surface area (Å²) >= 11 is 0. The molecule has 0 radical (unpaired) electrons. The Labute approximate surface area is 69.3 Å². The second-order valence-electron chi connectivity index (χ2n) is 2.68. The Hall–Kier alpha value is -0.780. The summed E-state index contributed by atoms with van der Waals surface area (Å²) in [6.45, 7) is 4.00. The van der Waals surface area contributed by atoms with Gasteiger partial charge in [0.25, 0.3) is 0 Å². The number of rotatable bonds is 1. The maximum atomic E-state index is 2.22. The highest BCUT2D eigenvalue weighted by molar-refractivity contribution is 5.22. The molecule has 1 aliphatic carbocycles. The summed E-state index contributed by atoms with van der Waals surface area (Å²) in [5.74, 6) is 0.909. The lowest BCUT2D eigenvalue weighted by Gasteiger charge is -1.92. The molecule has 0 saturated heterocycles. The first-order chi connectivity index (χ1) is 5.47. The summed E-state index contributed by atoms with van der Waals surface area (Å²) < 4.78 is 0. The molecule has 0 atom stereocenters.